The van der Waals surface area contributed by atoms with Crippen LogP contribution in [0.5, 0.6) is 0 Å². The van der Waals surface area contributed by atoms with Gasteiger partial charge in [-0.3, -0.25) is 14.5 Å². The van der Waals surface area contributed by atoms with Gasteiger partial charge in [0.05, 0.1) is 25.8 Å². The molecule has 0 aromatic heterocycles. The maximum atomic E-state index is 12.9. The number of aliphatic hydroxyl groups is 1. The van der Waals surface area contributed by atoms with Crippen molar-refractivity contribution in [3.05, 3.63) is 24.3 Å². The first kappa shape index (κ1) is 44.3. The Bertz CT molecular complexity index is 811. The van der Waals surface area contributed by atoms with Crippen molar-refractivity contribution in [2.24, 2.45) is 5.92 Å². The lowest BCUT2D eigenvalue weighted by molar-refractivity contribution is -0.147. The number of hydrogen-bond acceptors (Lipinski definition) is 6. The number of allylic oxidation sites excluding steroid dienone is 4. The molecule has 1 N–H and O–H groups in total. The van der Waals surface area contributed by atoms with Crippen molar-refractivity contribution in [3.8, 4) is 0 Å². The van der Waals surface area contributed by atoms with Crippen molar-refractivity contribution in [3.63, 3.8) is 0 Å². The lowest BCUT2D eigenvalue weighted by Crippen LogP contribution is -2.54. The minimum absolute atomic E-state index is 0.00191. The largest absolute Gasteiger partial charge is 0.464 e. The van der Waals surface area contributed by atoms with E-state index >= 15 is 0 Å². The third-order valence-electron chi connectivity index (χ3n) is 9.42. The molecule has 280 valence electrons. The van der Waals surface area contributed by atoms with Gasteiger partial charge in [0.1, 0.15) is 6.61 Å². The average Bonchev–Trinajstić information content (AvgIpc) is 3.05. The molecule has 1 aliphatic rings. The molecule has 48 heavy (non-hydrogen) atoms. The standard InChI is InChI=1S/C41H76N2O5/c1-4-6-8-9-10-11-12-13-14-15-18-21-25-29-41(46)48-34-31-43(40(45)37-42-35-39(44)36-42)30-33-47-32-26-22-19-16-17-20-24-28-38(3)27-23-7-5-2/h10-13,38-39,44H,4-9,14-37H2,1-3H3/b11-10+,13-12+. The van der Waals surface area contributed by atoms with Gasteiger partial charge in [-0.1, -0.05) is 141 Å². The Morgan fingerprint density at radius 1 is 0.729 bits per heavy atom. The molecule has 1 saturated heterocycles. The molecule has 0 aromatic carbocycles. The highest BCUT2D eigenvalue weighted by Gasteiger charge is 2.27. The summed E-state index contributed by atoms with van der Waals surface area (Å²) in [5.74, 6) is 0.696. The number of aliphatic hydroxyl groups excluding tert-OH is 1. The Labute approximate surface area is 296 Å². The van der Waals surface area contributed by atoms with Crippen LogP contribution in [0.15, 0.2) is 24.3 Å². The topological polar surface area (TPSA) is 79.3 Å². The van der Waals surface area contributed by atoms with Gasteiger partial charge in [-0.05, 0) is 44.4 Å². The van der Waals surface area contributed by atoms with Crippen LogP contribution in [0.3, 0.4) is 0 Å². The van der Waals surface area contributed by atoms with Crippen molar-refractivity contribution < 1.29 is 24.2 Å². The second-order valence-corrected chi connectivity index (χ2v) is 14.2. The summed E-state index contributed by atoms with van der Waals surface area (Å²) in [6, 6.07) is 0. The van der Waals surface area contributed by atoms with E-state index in [2.05, 4.69) is 45.1 Å². The van der Waals surface area contributed by atoms with Crippen molar-refractivity contribution in [1.29, 1.82) is 0 Å². The molecule has 0 aromatic rings. The molecule has 0 aliphatic carbocycles. The summed E-state index contributed by atoms with van der Waals surface area (Å²) < 4.78 is 11.4. The van der Waals surface area contributed by atoms with Crippen LogP contribution in [0.25, 0.3) is 0 Å². The maximum Gasteiger partial charge on any atom is 0.305 e. The summed E-state index contributed by atoms with van der Waals surface area (Å²) in [6.45, 7) is 10.6. The zero-order chi connectivity index (χ0) is 34.9. The highest BCUT2D eigenvalue weighted by molar-refractivity contribution is 5.78. The number of unbranched alkanes of at least 4 members (excludes halogenated alkanes) is 15. The number of nitrogens with zero attached hydrogens (tertiary/aromatic N) is 2. The second-order valence-electron chi connectivity index (χ2n) is 14.2. The molecule has 1 atom stereocenters. The molecule has 1 fully saturated rings. The number of rotatable bonds is 34. The molecule has 1 aliphatic heterocycles. The zero-order valence-electron chi connectivity index (χ0n) is 31.7. The molecular weight excluding hydrogens is 600 g/mol. The predicted molar refractivity (Wildman–Crippen MR) is 201 cm³/mol. The van der Waals surface area contributed by atoms with Gasteiger partial charge in [-0.15, -0.1) is 0 Å². The molecule has 7 nitrogen and oxygen atoms in total. The number of carbonyl (C=O) groups is 2. The van der Waals surface area contributed by atoms with Crippen LogP contribution in [0, 0.1) is 5.92 Å². The van der Waals surface area contributed by atoms with Gasteiger partial charge in [0.2, 0.25) is 5.91 Å². The third kappa shape index (κ3) is 27.2. The average molecular weight is 677 g/mol. The van der Waals surface area contributed by atoms with E-state index in [9.17, 15) is 14.7 Å². The van der Waals surface area contributed by atoms with Crippen LogP contribution < -0.4 is 0 Å². The smallest absolute Gasteiger partial charge is 0.305 e. The lowest BCUT2D eigenvalue weighted by Gasteiger charge is -2.36. The number of likely N-dealkylation sites (tertiary alicyclic amines) is 1. The van der Waals surface area contributed by atoms with Gasteiger partial charge in [0.25, 0.3) is 0 Å². The van der Waals surface area contributed by atoms with Gasteiger partial charge in [-0.25, -0.2) is 0 Å². The molecule has 1 unspecified atom stereocenters. The van der Waals surface area contributed by atoms with E-state index in [1.165, 1.54) is 96.3 Å². The molecule has 0 radical (unpaired) electrons. The molecule has 1 heterocycles. The molecule has 1 amide bonds. The van der Waals surface area contributed by atoms with Gasteiger partial charge >= 0.3 is 5.97 Å². The normalized spacial score (nSPS) is 14.6. The quantitative estimate of drug-likeness (QED) is 0.0416. The van der Waals surface area contributed by atoms with E-state index in [-0.39, 0.29) is 31.1 Å². The van der Waals surface area contributed by atoms with Crippen LogP contribution in [-0.2, 0) is 19.1 Å². The van der Waals surface area contributed by atoms with E-state index in [4.69, 9.17) is 9.47 Å². The third-order valence-corrected chi connectivity index (χ3v) is 9.42. The van der Waals surface area contributed by atoms with Crippen LogP contribution >= 0.6 is 0 Å². The lowest BCUT2D eigenvalue weighted by atomic mass is 9.96. The first-order valence-electron chi connectivity index (χ1n) is 20.2. The number of hydrogen-bond donors (Lipinski definition) is 1. The van der Waals surface area contributed by atoms with Crippen LogP contribution in [0.1, 0.15) is 162 Å². The second kappa shape index (κ2) is 32.5. The number of amides is 1. The molecule has 0 saturated carbocycles. The van der Waals surface area contributed by atoms with E-state index < -0.39 is 0 Å². The maximum absolute atomic E-state index is 12.9. The molecule has 0 spiro atoms. The highest BCUT2D eigenvalue weighted by Crippen LogP contribution is 2.18. The minimum Gasteiger partial charge on any atom is -0.464 e. The number of β-amino-alcohol motifs (C(OH)–C–C–N with tert-alkyl or cyclic N) is 1. The Hall–Kier alpha value is -1.70. The van der Waals surface area contributed by atoms with E-state index in [0.29, 0.717) is 39.2 Å². The molecule has 0 bridgehead atoms. The summed E-state index contributed by atoms with van der Waals surface area (Å²) in [6.07, 6.45) is 34.9. The van der Waals surface area contributed by atoms with Crippen LogP contribution in [0.2, 0.25) is 0 Å². The SMILES string of the molecule is CCCCC/C=C/C=C/CCCCCCC(=O)OCCN(CCOCCCCCCCCCC(C)CCCCC)C(=O)CN1CC(O)C1. The Morgan fingerprint density at radius 2 is 1.27 bits per heavy atom. The first-order valence-corrected chi connectivity index (χ1v) is 20.2. The Morgan fingerprint density at radius 3 is 1.94 bits per heavy atom. The fourth-order valence-electron chi connectivity index (χ4n) is 6.16. The summed E-state index contributed by atoms with van der Waals surface area (Å²) in [5, 5.41) is 9.58. The van der Waals surface area contributed by atoms with Crippen molar-refractivity contribution in [1.82, 2.24) is 9.80 Å². The van der Waals surface area contributed by atoms with E-state index in [0.717, 1.165) is 51.0 Å². The van der Waals surface area contributed by atoms with Gasteiger partial charge in [0, 0.05) is 32.7 Å². The summed E-state index contributed by atoms with van der Waals surface area (Å²) in [5.41, 5.74) is 0. The first-order chi connectivity index (χ1) is 23.5. The molecular formula is C41H76N2O5. The number of esters is 1. The van der Waals surface area contributed by atoms with Gasteiger partial charge < -0.3 is 19.5 Å². The van der Waals surface area contributed by atoms with Crippen LogP contribution in [-0.4, -0.2) is 85.4 Å². The van der Waals surface area contributed by atoms with Crippen LogP contribution in [0.4, 0.5) is 0 Å². The fourth-order valence-corrected chi connectivity index (χ4v) is 6.16. The highest BCUT2D eigenvalue weighted by atomic mass is 16.5. The van der Waals surface area contributed by atoms with Crippen molar-refractivity contribution in [2.45, 2.75) is 168 Å². The van der Waals surface area contributed by atoms with Crippen molar-refractivity contribution in [2.75, 3.05) is 52.5 Å². The zero-order valence-corrected chi connectivity index (χ0v) is 31.7. The summed E-state index contributed by atoms with van der Waals surface area (Å²) in [7, 11) is 0. The number of ether oxygens (including phenoxy) is 2. The fraction of sp³-hybridized carbons (Fsp3) is 0.854. The molecule has 7 heteroatoms. The summed E-state index contributed by atoms with van der Waals surface area (Å²) >= 11 is 0. The predicted octanol–water partition coefficient (Wildman–Crippen LogP) is 9.42. The van der Waals surface area contributed by atoms with Gasteiger partial charge in [0.15, 0.2) is 0 Å². The number of carbonyl (C=O) groups excluding carboxylic acids is 2. The van der Waals surface area contributed by atoms with Crippen molar-refractivity contribution >= 4 is 11.9 Å². The Kier molecular flexibility index (Phi) is 30.0. The van der Waals surface area contributed by atoms with E-state index in [1.54, 1.807) is 4.90 Å². The van der Waals surface area contributed by atoms with E-state index in [1.807, 2.05) is 4.90 Å². The Balaban J connectivity index is 2.12. The van der Waals surface area contributed by atoms with Gasteiger partial charge in [-0.2, -0.15) is 0 Å². The summed E-state index contributed by atoms with van der Waals surface area (Å²) in [4.78, 5) is 28.9. The molecule has 1 rings (SSSR count). The monoisotopic (exact) mass is 677 g/mol. The minimum atomic E-state index is -0.335.